The molecule has 2 atom stereocenters. The lowest BCUT2D eigenvalue weighted by Crippen LogP contribution is -2.42. The van der Waals surface area contributed by atoms with E-state index >= 15 is 0 Å². The first-order valence-electron chi connectivity index (χ1n) is 11.2. The zero-order valence-corrected chi connectivity index (χ0v) is 20.2. The number of ether oxygens (including phenoxy) is 1. The second-order valence-electron chi connectivity index (χ2n) is 8.66. The van der Waals surface area contributed by atoms with Gasteiger partial charge in [0, 0.05) is 25.3 Å². The van der Waals surface area contributed by atoms with Gasteiger partial charge in [-0.1, -0.05) is 32.0 Å². The first-order chi connectivity index (χ1) is 16.2. The molecular weight excluding hydrogens is 454 g/mol. The van der Waals surface area contributed by atoms with E-state index < -0.39 is 28.5 Å². The van der Waals surface area contributed by atoms with E-state index in [1.165, 1.54) is 33.5 Å². The number of nitriles is 1. The molecule has 9 heteroatoms. The van der Waals surface area contributed by atoms with E-state index in [0.717, 1.165) is 6.42 Å². The van der Waals surface area contributed by atoms with Gasteiger partial charge in [0.1, 0.15) is 0 Å². The normalized spacial score (nSPS) is 18.6. The molecule has 0 radical (unpaired) electrons. The summed E-state index contributed by atoms with van der Waals surface area (Å²) in [5.74, 6) is -0.615. The van der Waals surface area contributed by atoms with Crippen LogP contribution in [0, 0.1) is 23.2 Å². The van der Waals surface area contributed by atoms with Gasteiger partial charge in [0.2, 0.25) is 10.0 Å². The van der Waals surface area contributed by atoms with E-state index in [1.807, 2.05) is 26.0 Å². The quantitative estimate of drug-likeness (QED) is 0.532. The van der Waals surface area contributed by atoms with E-state index in [-0.39, 0.29) is 35.3 Å². The molecule has 0 aromatic heterocycles. The third-order valence-electron chi connectivity index (χ3n) is 5.71. The summed E-state index contributed by atoms with van der Waals surface area (Å²) in [7, 11) is -3.65. The number of amides is 1. The lowest BCUT2D eigenvalue weighted by atomic mass is 9.94. The summed E-state index contributed by atoms with van der Waals surface area (Å²) in [5.41, 5.74) is 0.755. The Morgan fingerprint density at radius 2 is 1.68 bits per heavy atom. The molecule has 0 bridgehead atoms. The number of rotatable bonds is 8. The summed E-state index contributed by atoms with van der Waals surface area (Å²) in [5, 5.41) is 8.88. The lowest BCUT2D eigenvalue weighted by molar-refractivity contribution is -0.121. The third kappa shape index (κ3) is 6.22. The number of carbonyl (C=O) groups excluding carboxylic acids is 2. The highest BCUT2D eigenvalue weighted by Crippen LogP contribution is 2.27. The molecule has 8 nitrogen and oxygen atoms in total. The molecular formula is C25H29N3O5S. The highest BCUT2D eigenvalue weighted by atomic mass is 32.2. The van der Waals surface area contributed by atoms with Crippen molar-refractivity contribution in [1.29, 1.82) is 5.26 Å². The molecule has 0 unspecified atom stereocenters. The number of nitrogens with zero attached hydrogens (tertiary/aromatic N) is 3. The van der Waals surface area contributed by atoms with Crippen molar-refractivity contribution in [2.75, 3.05) is 31.1 Å². The van der Waals surface area contributed by atoms with Crippen molar-refractivity contribution in [3.8, 4) is 6.07 Å². The second-order valence-corrected chi connectivity index (χ2v) is 10.6. The average molecular weight is 484 g/mol. The Morgan fingerprint density at radius 1 is 1.06 bits per heavy atom. The highest BCUT2D eigenvalue weighted by molar-refractivity contribution is 7.89. The zero-order valence-electron chi connectivity index (χ0n) is 19.4. The van der Waals surface area contributed by atoms with Gasteiger partial charge in [0.15, 0.2) is 6.61 Å². The fourth-order valence-corrected chi connectivity index (χ4v) is 5.85. The number of para-hydroxylation sites is 1. The van der Waals surface area contributed by atoms with Crippen LogP contribution >= 0.6 is 0 Å². The Bertz CT molecular complexity index is 1130. The summed E-state index contributed by atoms with van der Waals surface area (Å²) in [6, 6.07) is 16.4. The van der Waals surface area contributed by atoms with E-state index in [1.54, 1.807) is 24.3 Å². The van der Waals surface area contributed by atoms with Gasteiger partial charge in [-0.3, -0.25) is 4.79 Å². The van der Waals surface area contributed by atoms with Gasteiger partial charge >= 0.3 is 5.97 Å². The molecule has 1 saturated heterocycles. The van der Waals surface area contributed by atoms with Crippen LogP contribution in [-0.2, 0) is 19.6 Å². The first-order valence-corrected chi connectivity index (χ1v) is 12.7. The van der Waals surface area contributed by atoms with Gasteiger partial charge in [-0.15, -0.1) is 0 Å². The molecule has 180 valence electrons. The number of hydrogen-bond donors (Lipinski definition) is 0. The monoisotopic (exact) mass is 483 g/mol. The minimum atomic E-state index is -3.65. The summed E-state index contributed by atoms with van der Waals surface area (Å²) < 4.78 is 32.7. The van der Waals surface area contributed by atoms with Crippen LogP contribution in [0.25, 0.3) is 0 Å². The maximum absolute atomic E-state index is 13.0. The van der Waals surface area contributed by atoms with Gasteiger partial charge in [-0.2, -0.15) is 9.57 Å². The molecule has 2 aromatic carbocycles. The van der Waals surface area contributed by atoms with Crippen LogP contribution in [0.2, 0.25) is 0 Å². The summed E-state index contributed by atoms with van der Waals surface area (Å²) in [6.07, 6.45) is 1.13. The molecule has 1 aliphatic rings. The van der Waals surface area contributed by atoms with Crippen molar-refractivity contribution >= 4 is 27.6 Å². The van der Waals surface area contributed by atoms with Crippen molar-refractivity contribution in [1.82, 2.24) is 4.31 Å². The zero-order chi connectivity index (χ0) is 24.7. The molecule has 0 saturated carbocycles. The minimum Gasteiger partial charge on any atom is -0.452 e. The van der Waals surface area contributed by atoms with Crippen LogP contribution in [0.4, 0.5) is 5.69 Å². The Labute approximate surface area is 200 Å². The Kier molecular flexibility index (Phi) is 8.42. The van der Waals surface area contributed by atoms with Gasteiger partial charge < -0.3 is 9.64 Å². The Balaban J connectivity index is 1.64. The molecule has 3 rings (SSSR count). The molecule has 34 heavy (non-hydrogen) atoms. The molecule has 1 fully saturated rings. The van der Waals surface area contributed by atoms with E-state index in [9.17, 15) is 18.0 Å². The van der Waals surface area contributed by atoms with Crippen LogP contribution in [0.15, 0.2) is 59.5 Å². The number of esters is 1. The van der Waals surface area contributed by atoms with Gasteiger partial charge in [-0.05, 0) is 54.7 Å². The van der Waals surface area contributed by atoms with Crippen LogP contribution in [0.3, 0.4) is 0 Å². The number of anilines is 1. The van der Waals surface area contributed by atoms with Crippen molar-refractivity contribution < 1.29 is 22.7 Å². The van der Waals surface area contributed by atoms with E-state index in [2.05, 4.69) is 0 Å². The largest absolute Gasteiger partial charge is 0.452 e. The molecule has 1 aliphatic heterocycles. The Morgan fingerprint density at radius 3 is 2.26 bits per heavy atom. The standard InChI is InChI=1S/C25H29N3O5S/c1-19-15-20(2)17-27(16-19)34(31,32)23-11-9-21(10-12-23)25(30)33-18-24(29)28(14-6-13-26)22-7-4-3-5-8-22/h3-5,7-12,19-20H,6,14-18H2,1-2H3/t19-,20+. The molecule has 2 aromatic rings. The number of piperidine rings is 1. The summed E-state index contributed by atoms with van der Waals surface area (Å²) >= 11 is 0. The fourth-order valence-electron chi connectivity index (χ4n) is 4.17. The Hall–Kier alpha value is -3.22. The molecule has 1 amide bonds. The van der Waals surface area contributed by atoms with Crippen LogP contribution in [0.1, 0.15) is 37.0 Å². The summed E-state index contributed by atoms with van der Waals surface area (Å²) in [4.78, 5) is 26.6. The van der Waals surface area contributed by atoms with Crippen LogP contribution in [-0.4, -0.2) is 50.8 Å². The average Bonchev–Trinajstić information content (AvgIpc) is 2.83. The van der Waals surface area contributed by atoms with E-state index in [0.29, 0.717) is 18.8 Å². The smallest absolute Gasteiger partial charge is 0.338 e. The maximum Gasteiger partial charge on any atom is 0.338 e. The number of carbonyl (C=O) groups is 2. The van der Waals surface area contributed by atoms with E-state index in [4.69, 9.17) is 10.00 Å². The SMILES string of the molecule is C[C@@H]1C[C@H](C)CN(S(=O)(=O)c2ccc(C(=O)OCC(=O)N(CCC#N)c3ccccc3)cc2)C1. The van der Waals surface area contributed by atoms with Crippen molar-refractivity contribution in [3.63, 3.8) is 0 Å². The van der Waals surface area contributed by atoms with Gasteiger partial charge in [0.25, 0.3) is 5.91 Å². The predicted molar refractivity (Wildman–Crippen MR) is 127 cm³/mol. The second kappa shape index (κ2) is 11.3. The van der Waals surface area contributed by atoms with Crippen molar-refractivity contribution in [2.24, 2.45) is 11.8 Å². The van der Waals surface area contributed by atoms with Crippen LogP contribution in [0.5, 0.6) is 0 Å². The summed E-state index contributed by atoms with van der Waals surface area (Å²) in [6.45, 7) is 4.71. The molecule has 0 N–H and O–H groups in total. The first kappa shape index (κ1) is 25.4. The highest BCUT2D eigenvalue weighted by Gasteiger charge is 2.31. The molecule has 0 aliphatic carbocycles. The van der Waals surface area contributed by atoms with Gasteiger partial charge in [0.05, 0.1) is 22.9 Å². The number of hydrogen-bond acceptors (Lipinski definition) is 6. The lowest BCUT2D eigenvalue weighted by Gasteiger charge is -2.34. The number of benzene rings is 2. The van der Waals surface area contributed by atoms with Crippen LogP contribution < -0.4 is 4.90 Å². The minimum absolute atomic E-state index is 0.119. The third-order valence-corrected chi connectivity index (χ3v) is 7.55. The maximum atomic E-state index is 13.0. The van der Waals surface area contributed by atoms with Crippen molar-refractivity contribution in [3.05, 3.63) is 60.2 Å². The van der Waals surface area contributed by atoms with Gasteiger partial charge in [-0.25, -0.2) is 13.2 Å². The molecule has 0 spiro atoms. The number of sulfonamides is 1. The van der Waals surface area contributed by atoms with Crippen molar-refractivity contribution in [2.45, 2.75) is 31.6 Å². The molecule has 1 heterocycles. The predicted octanol–water partition coefficient (Wildman–Crippen LogP) is 3.46. The fraction of sp³-hybridized carbons (Fsp3) is 0.400. The topological polar surface area (TPSA) is 108 Å².